The van der Waals surface area contributed by atoms with Gasteiger partial charge in [-0.15, -0.1) is 0 Å². The molecule has 0 aliphatic carbocycles. The molecular weight excluding hydrogens is 148 g/mol. The van der Waals surface area contributed by atoms with Gasteiger partial charge in [-0.1, -0.05) is 17.7 Å². The molecule has 2 aromatic rings. The summed E-state index contributed by atoms with van der Waals surface area (Å²) in [6.45, 7) is 2.07. The number of nitrogens with zero attached hydrogens (tertiary/aromatic N) is 2. The lowest BCUT2D eigenvalue weighted by Crippen LogP contribution is -1.89. The fourth-order valence-electron chi connectivity index (χ4n) is 1.08. The van der Waals surface area contributed by atoms with E-state index in [0.717, 1.165) is 5.69 Å². The Bertz CT molecular complexity index is 346. The van der Waals surface area contributed by atoms with E-state index >= 15 is 0 Å². The van der Waals surface area contributed by atoms with Crippen LogP contribution in [-0.2, 0) is 0 Å². The van der Waals surface area contributed by atoms with Crippen molar-refractivity contribution in [1.82, 2.24) is 9.55 Å². The van der Waals surface area contributed by atoms with E-state index in [1.54, 1.807) is 6.20 Å². The number of aromatic nitrogens is 2. The monoisotopic (exact) mass is 157 g/mol. The van der Waals surface area contributed by atoms with Gasteiger partial charge in [-0.2, -0.15) is 0 Å². The van der Waals surface area contributed by atoms with Crippen LogP contribution in [0.15, 0.2) is 36.7 Å². The summed E-state index contributed by atoms with van der Waals surface area (Å²) in [5.74, 6) is 0. The van der Waals surface area contributed by atoms with Crippen LogP contribution in [0.3, 0.4) is 0 Å². The molecule has 0 saturated carbocycles. The minimum atomic E-state index is 1.10. The molecule has 0 atom stereocenters. The summed E-state index contributed by atoms with van der Waals surface area (Å²) in [5, 5.41) is 0. The molecule has 0 aliphatic heterocycles. The van der Waals surface area contributed by atoms with Crippen LogP contribution in [0.2, 0.25) is 0 Å². The van der Waals surface area contributed by atoms with Crippen molar-refractivity contribution in [1.29, 1.82) is 0 Å². The molecule has 0 bridgehead atoms. The van der Waals surface area contributed by atoms with Crippen molar-refractivity contribution in [2.24, 2.45) is 0 Å². The lowest BCUT2D eigenvalue weighted by molar-refractivity contribution is 1.04. The summed E-state index contributed by atoms with van der Waals surface area (Å²) in [6, 6.07) is 8.24. The fraction of sp³-hybridized carbons (Fsp3) is 0.100. The highest BCUT2D eigenvalue weighted by atomic mass is 15.0. The molecule has 12 heavy (non-hydrogen) atoms. The Kier molecular flexibility index (Phi) is 1.67. The molecule has 0 unspecified atom stereocenters. The quantitative estimate of drug-likeness (QED) is 0.619. The van der Waals surface area contributed by atoms with Crippen LogP contribution in [0, 0.1) is 13.3 Å². The van der Waals surface area contributed by atoms with Gasteiger partial charge >= 0.3 is 0 Å². The molecule has 0 fully saturated rings. The first-order valence-corrected chi connectivity index (χ1v) is 3.84. The largest absolute Gasteiger partial charge is 0.297 e. The summed E-state index contributed by atoms with van der Waals surface area (Å²) < 4.78 is 1.86. The van der Waals surface area contributed by atoms with Crippen LogP contribution in [0.5, 0.6) is 0 Å². The molecule has 1 radical (unpaired) electrons. The van der Waals surface area contributed by atoms with Crippen LogP contribution in [0.25, 0.3) is 5.69 Å². The Morgan fingerprint density at radius 1 is 1.25 bits per heavy atom. The molecule has 59 valence electrons. The molecule has 0 amide bonds. The van der Waals surface area contributed by atoms with Gasteiger partial charge in [0.05, 0.1) is 0 Å². The summed E-state index contributed by atoms with van der Waals surface area (Å²) in [4.78, 5) is 3.86. The van der Waals surface area contributed by atoms with Crippen LogP contribution in [0.1, 0.15) is 5.56 Å². The van der Waals surface area contributed by atoms with E-state index in [1.807, 2.05) is 22.9 Å². The van der Waals surface area contributed by atoms with Crippen molar-refractivity contribution < 1.29 is 0 Å². The molecule has 0 aliphatic rings. The predicted octanol–water partition coefficient (Wildman–Crippen LogP) is 1.98. The second-order valence-electron chi connectivity index (χ2n) is 2.73. The third kappa shape index (κ3) is 1.23. The second-order valence-corrected chi connectivity index (χ2v) is 2.73. The molecule has 2 heteroatoms. The van der Waals surface area contributed by atoms with Gasteiger partial charge in [-0.25, -0.2) is 4.98 Å². The van der Waals surface area contributed by atoms with Gasteiger partial charge in [0.15, 0.2) is 6.33 Å². The first-order valence-electron chi connectivity index (χ1n) is 3.84. The van der Waals surface area contributed by atoms with E-state index in [1.165, 1.54) is 5.56 Å². The molecule has 2 rings (SSSR count). The van der Waals surface area contributed by atoms with E-state index in [2.05, 4.69) is 30.4 Å². The number of hydrogen-bond donors (Lipinski definition) is 0. The van der Waals surface area contributed by atoms with Gasteiger partial charge in [0.1, 0.15) is 0 Å². The van der Waals surface area contributed by atoms with Crippen LogP contribution >= 0.6 is 0 Å². The highest BCUT2D eigenvalue weighted by molar-refractivity contribution is 5.33. The van der Waals surface area contributed by atoms with Gasteiger partial charge in [-0.05, 0) is 19.1 Å². The van der Waals surface area contributed by atoms with E-state index in [0.29, 0.717) is 0 Å². The van der Waals surface area contributed by atoms with Crippen molar-refractivity contribution in [2.75, 3.05) is 0 Å². The normalized spacial score (nSPS) is 10.1. The summed E-state index contributed by atoms with van der Waals surface area (Å²) in [7, 11) is 0. The van der Waals surface area contributed by atoms with E-state index < -0.39 is 0 Å². The smallest absolute Gasteiger partial charge is 0.181 e. The first-order chi connectivity index (χ1) is 5.86. The average molecular weight is 157 g/mol. The van der Waals surface area contributed by atoms with Gasteiger partial charge < -0.3 is 0 Å². The highest BCUT2D eigenvalue weighted by Crippen LogP contribution is 2.07. The molecule has 1 aromatic heterocycles. The Hall–Kier alpha value is -1.57. The topological polar surface area (TPSA) is 17.8 Å². The van der Waals surface area contributed by atoms with Crippen LogP contribution in [0.4, 0.5) is 0 Å². The van der Waals surface area contributed by atoms with Crippen molar-refractivity contribution in [3.63, 3.8) is 0 Å². The van der Waals surface area contributed by atoms with Crippen molar-refractivity contribution in [2.45, 2.75) is 6.92 Å². The van der Waals surface area contributed by atoms with E-state index in [9.17, 15) is 0 Å². The number of imidazole rings is 1. The average Bonchev–Trinajstić information content (AvgIpc) is 2.58. The number of rotatable bonds is 1. The second kappa shape index (κ2) is 2.81. The third-order valence-electron chi connectivity index (χ3n) is 1.77. The van der Waals surface area contributed by atoms with Crippen molar-refractivity contribution in [3.05, 3.63) is 48.5 Å². The Morgan fingerprint density at radius 3 is 2.58 bits per heavy atom. The van der Waals surface area contributed by atoms with Crippen LogP contribution < -0.4 is 0 Å². The molecule has 0 spiro atoms. The Balaban J connectivity index is 2.43. The minimum Gasteiger partial charge on any atom is -0.297 e. The maximum Gasteiger partial charge on any atom is 0.181 e. The number of hydrogen-bond acceptors (Lipinski definition) is 1. The standard InChI is InChI=1S/C10H9N2/c1-9-2-4-10(5-3-9)12-7-6-11-8-12/h2-7H,1H3. The van der Waals surface area contributed by atoms with Gasteiger partial charge in [0.2, 0.25) is 0 Å². The van der Waals surface area contributed by atoms with E-state index in [4.69, 9.17) is 0 Å². The van der Waals surface area contributed by atoms with Gasteiger partial charge in [0.25, 0.3) is 0 Å². The molecule has 1 aromatic carbocycles. The predicted molar refractivity (Wildman–Crippen MR) is 47.1 cm³/mol. The number of aryl methyl sites for hydroxylation is 1. The first kappa shape index (κ1) is 7.10. The van der Waals surface area contributed by atoms with E-state index in [-0.39, 0.29) is 0 Å². The molecule has 0 saturated heterocycles. The maximum atomic E-state index is 3.86. The summed E-state index contributed by atoms with van der Waals surface area (Å²) in [5.41, 5.74) is 2.36. The Morgan fingerprint density at radius 2 is 2.00 bits per heavy atom. The molecule has 0 N–H and O–H groups in total. The zero-order chi connectivity index (χ0) is 8.39. The lowest BCUT2D eigenvalue weighted by atomic mass is 10.2. The fourth-order valence-corrected chi connectivity index (χ4v) is 1.08. The third-order valence-corrected chi connectivity index (χ3v) is 1.77. The van der Waals surface area contributed by atoms with Gasteiger partial charge in [0, 0.05) is 18.1 Å². The molecular formula is C10H9N2. The lowest BCUT2D eigenvalue weighted by Gasteiger charge is -2.00. The maximum absolute atomic E-state index is 3.86. The zero-order valence-corrected chi connectivity index (χ0v) is 6.86. The minimum absolute atomic E-state index is 1.10. The van der Waals surface area contributed by atoms with Crippen molar-refractivity contribution in [3.8, 4) is 5.69 Å². The molecule has 1 heterocycles. The summed E-state index contributed by atoms with van der Waals surface area (Å²) >= 11 is 0. The highest BCUT2D eigenvalue weighted by Gasteiger charge is 1.93. The SMILES string of the molecule is Cc1ccc(-n2[c]ncc2)cc1. The Labute approximate surface area is 71.5 Å². The zero-order valence-electron chi connectivity index (χ0n) is 6.86. The van der Waals surface area contributed by atoms with Gasteiger partial charge in [-0.3, -0.25) is 4.57 Å². The van der Waals surface area contributed by atoms with Crippen LogP contribution in [-0.4, -0.2) is 9.55 Å². The van der Waals surface area contributed by atoms with Crippen molar-refractivity contribution >= 4 is 0 Å². The number of benzene rings is 1. The summed E-state index contributed by atoms with van der Waals surface area (Å²) in [6.07, 6.45) is 6.44. The molecule has 2 nitrogen and oxygen atoms in total.